The average Bonchev–Trinajstić information content (AvgIpc) is 2.78. The third kappa shape index (κ3) is 2.32. The summed E-state index contributed by atoms with van der Waals surface area (Å²) in [6.07, 6.45) is 1.98. The molecule has 20 heavy (non-hydrogen) atoms. The Bertz CT molecular complexity index is 625. The van der Waals surface area contributed by atoms with Crippen LogP contribution in [0.4, 0.5) is 5.82 Å². The average molecular weight is 275 g/mol. The quantitative estimate of drug-likeness (QED) is 0.916. The lowest BCUT2D eigenvalue weighted by atomic mass is 10.1. The molecule has 0 amide bonds. The zero-order valence-corrected chi connectivity index (χ0v) is 13.5. The fourth-order valence-corrected chi connectivity index (χ4v) is 2.57. The number of aromatic nitrogens is 4. The van der Waals surface area contributed by atoms with Crippen molar-refractivity contribution in [1.29, 1.82) is 0 Å². The SMILES string of the molecule is Cc1nn(C)cc1-c1nc(C(C)C)n(C(C)(C)C)c1N. The van der Waals surface area contributed by atoms with Crippen LogP contribution < -0.4 is 5.73 Å². The van der Waals surface area contributed by atoms with E-state index >= 15 is 0 Å². The van der Waals surface area contributed by atoms with Crippen LogP contribution in [0.5, 0.6) is 0 Å². The Labute approximate surface area is 120 Å². The van der Waals surface area contributed by atoms with Crippen LogP contribution in [-0.4, -0.2) is 19.3 Å². The monoisotopic (exact) mass is 275 g/mol. The van der Waals surface area contributed by atoms with Gasteiger partial charge in [0.1, 0.15) is 17.3 Å². The van der Waals surface area contributed by atoms with Crippen LogP contribution in [0.2, 0.25) is 0 Å². The van der Waals surface area contributed by atoms with Crippen molar-refractivity contribution in [3.8, 4) is 11.3 Å². The number of nitrogen functional groups attached to an aromatic ring is 1. The van der Waals surface area contributed by atoms with E-state index in [0.29, 0.717) is 5.92 Å². The normalized spacial score (nSPS) is 12.4. The summed E-state index contributed by atoms with van der Waals surface area (Å²) < 4.78 is 3.94. The van der Waals surface area contributed by atoms with Gasteiger partial charge < -0.3 is 10.3 Å². The van der Waals surface area contributed by atoms with Crippen LogP contribution in [0.25, 0.3) is 11.3 Å². The Balaban J connectivity index is 2.71. The van der Waals surface area contributed by atoms with Crippen LogP contribution in [0, 0.1) is 6.92 Å². The lowest BCUT2D eigenvalue weighted by Crippen LogP contribution is -2.26. The lowest BCUT2D eigenvalue weighted by Gasteiger charge is -2.26. The molecule has 0 bridgehead atoms. The zero-order chi connectivity index (χ0) is 15.2. The molecular weight excluding hydrogens is 250 g/mol. The molecule has 2 aromatic rings. The topological polar surface area (TPSA) is 61.7 Å². The summed E-state index contributed by atoms with van der Waals surface area (Å²) in [6, 6.07) is 0. The summed E-state index contributed by atoms with van der Waals surface area (Å²) in [5.74, 6) is 2.06. The molecule has 0 aliphatic heterocycles. The van der Waals surface area contributed by atoms with E-state index in [1.807, 2.05) is 20.2 Å². The van der Waals surface area contributed by atoms with Crippen LogP contribution in [0.3, 0.4) is 0 Å². The zero-order valence-electron chi connectivity index (χ0n) is 13.5. The van der Waals surface area contributed by atoms with E-state index in [2.05, 4.69) is 44.3 Å². The molecule has 5 nitrogen and oxygen atoms in total. The second kappa shape index (κ2) is 4.65. The Morgan fingerprint density at radius 2 is 1.85 bits per heavy atom. The predicted molar refractivity (Wildman–Crippen MR) is 82.7 cm³/mol. The summed E-state index contributed by atoms with van der Waals surface area (Å²) in [5, 5.41) is 4.39. The third-order valence-corrected chi connectivity index (χ3v) is 3.39. The molecule has 2 heterocycles. The highest BCUT2D eigenvalue weighted by Crippen LogP contribution is 2.34. The summed E-state index contributed by atoms with van der Waals surface area (Å²) in [6.45, 7) is 12.7. The van der Waals surface area contributed by atoms with Gasteiger partial charge in [0.15, 0.2) is 0 Å². The number of nitrogens with two attached hydrogens (primary N) is 1. The minimum atomic E-state index is -0.0922. The fourth-order valence-electron chi connectivity index (χ4n) is 2.57. The van der Waals surface area contributed by atoms with E-state index in [9.17, 15) is 0 Å². The van der Waals surface area contributed by atoms with Crippen molar-refractivity contribution in [3.05, 3.63) is 17.7 Å². The molecule has 0 spiro atoms. The Kier molecular flexibility index (Phi) is 3.40. The van der Waals surface area contributed by atoms with Crippen molar-refractivity contribution in [2.75, 3.05) is 5.73 Å². The molecule has 2 rings (SSSR count). The van der Waals surface area contributed by atoms with Gasteiger partial charge in [-0.1, -0.05) is 13.8 Å². The van der Waals surface area contributed by atoms with Gasteiger partial charge in [-0.25, -0.2) is 4.98 Å². The largest absolute Gasteiger partial charge is 0.383 e. The van der Waals surface area contributed by atoms with Gasteiger partial charge in [0.2, 0.25) is 0 Å². The maximum absolute atomic E-state index is 6.40. The third-order valence-electron chi connectivity index (χ3n) is 3.39. The molecule has 2 N–H and O–H groups in total. The van der Waals surface area contributed by atoms with Crippen molar-refractivity contribution in [2.24, 2.45) is 7.05 Å². The number of anilines is 1. The molecule has 0 aliphatic rings. The van der Waals surface area contributed by atoms with Gasteiger partial charge >= 0.3 is 0 Å². The maximum Gasteiger partial charge on any atom is 0.132 e. The van der Waals surface area contributed by atoms with Gasteiger partial charge in [-0.05, 0) is 27.7 Å². The number of rotatable bonds is 2. The van der Waals surface area contributed by atoms with Crippen LogP contribution >= 0.6 is 0 Å². The molecule has 5 heteroatoms. The van der Waals surface area contributed by atoms with E-state index < -0.39 is 0 Å². The van der Waals surface area contributed by atoms with E-state index in [1.54, 1.807) is 4.68 Å². The predicted octanol–water partition coefficient (Wildman–Crippen LogP) is 3.05. The fraction of sp³-hybridized carbons (Fsp3) is 0.600. The molecule has 0 saturated carbocycles. The van der Waals surface area contributed by atoms with Crippen molar-refractivity contribution >= 4 is 5.82 Å². The molecule has 0 saturated heterocycles. The maximum atomic E-state index is 6.40. The second-order valence-corrected chi connectivity index (χ2v) is 6.67. The summed E-state index contributed by atoms with van der Waals surface area (Å²) >= 11 is 0. The first-order valence-electron chi connectivity index (χ1n) is 7.02. The summed E-state index contributed by atoms with van der Waals surface area (Å²) in [5.41, 5.74) is 9.11. The van der Waals surface area contributed by atoms with Crippen LogP contribution in [0.15, 0.2) is 6.20 Å². The molecule has 0 aliphatic carbocycles. The van der Waals surface area contributed by atoms with Gasteiger partial charge in [0.25, 0.3) is 0 Å². The van der Waals surface area contributed by atoms with E-state index in [1.165, 1.54) is 0 Å². The van der Waals surface area contributed by atoms with Gasteiger partial charge in [0, 0.05) is 30.3 Å². The smallest absolute Gasteiger partial charge is 0.132 e. The van der Waals surface area contributed by atoms with E-state index in [-0.39, 0.29) is 5.54 Å². The minimum absolute atomic E-state index is 0.0922. The molecule has 0 fully saturated rings. The van der Waals surface area contributed by atoms with Crippen molar-refractivity contribution in [1.82, 2.24) is 19.3 Å². The van der Waals surface area contributed by atoms with Crippen molar-refractivity contribution in [2.45, 2.75) is 53.0 Å². The minimum Gasteiger partial charge on any atom is -0.383 e. The van der Waals surface area contributed by atoms with Gasteiger partial charge in [-0.15, -0.1) is 0 Å². The van der Waals surface area contributed by atoms with Crippen LogP contribution in [0.1, 0.15) is 52.1 Å². The number of hydrogen-bond donors (Lipinski definition) is 1. The lowest BCUT2D eigenvalue weighted by molar-refractivity contribution is 0.382. The summed E-state index contributed by atoms with van der Waals surface area (Å²) in [7, 11) is 1.91. The number of nitrogens with zero attached hydrogens (tertiary/aromatic N) is 4. The highest BCUT2D eigenvalue weighted by Gasteiger charge is 2.27. The highest BCUT2D eigenvalue weighted by molar-refractivity contribution is 5.72. The molecule has 0 radical (unpaired) electrons. The molecule has 0 atom stereocenters. The van der Waals surface area contributed by atoms with Crippen molar-refractivity contribution < 1.29 is 0 Å². The van der Waals surface area contributed by atoms with Gasteiger partial charge in [0.05, 0.1) is 5.69 Å². The second-order valence-electron chi connectivity index (χ2n) is 6.67. The molecule has 2 aromatic heterocycles. The highest BCUT2D eigenvalue weighted by atomic mass is 15.3. The first-order chi connectivity index (χ1) is 9.12. The number of hydrogen-bond acceptors (Lipinski definition) is 3. The number of imidazole rings is 1. The molecular formula is C15H25N5. The first kappa shape index (κ1) is 14.6. The van der Waals surface area contributed by atoms with E-state index in [4.69, 9.17) is 10.7 Å². The van der Waals surface area contributed by atoms with Gasteiger partial charge in [-0.3, -0.25) is 4.68 Å². The standard InChI is InChI=1S/C15H25N5/c1-9(2)14-17-12(11-8-19(7)18-10(11)3)13(16)20(14)15(4,5)6/h8-9H,16H2,1-7H3. The molecule has 0 unspecified atom stereocenters. The molecule has 110 valence electrons. The van der Waals surface area contributed by atoms with Crippen molar-refractivity contribution in [3.63, 3.8) is 0 Å². The Morgan fingerprint density at radius 1 is 1.25 bits per heavy atom. The summed E-state index contributed by atoms with van der Waals surface area (Å²) in [4.78, 5) is 4.80. The van der Waals surface area contributed by atoms with Crippen LogP contribution in [-0.2, 0) is 12.6 Å². The Hall–Kier alpha value is -1.78. The number of aryl methyl sites for hydroxylation is 2. The molecule has 0 aromatic carbocycles. The first-order valence-corrected chi connectivity index (χ1v) is 7.02. The van der Waals surface area contributed by atoms with Gasteiger partial charge in [-0.2, -0.15) is 5.10 Å². The van der Waals surface area contributed by atoms with E-state index in [0.717, 1.165) is 28.6 Å². The Morgan fingerprint density at radius 3 is 2.20 bits per heavy atom.